The van der Waals surface area contributed by atoms with E-state index in [9.17, 15) is 0 Å². The summed E-state index contributed by atoms with van der Waals surface area (Å²) in [5.41, 5.74) is 8.88. The first-order valence-electron chi connectivity index (χ1n) is 9.18. The maximum absolute atomic E-state index is 6.00. The van der Waals surface area contributed by atoms with Crippen molar-refractivity contribution in [2.24, 2.45) is 10.7 Å². The van der Waals surface area contributed by atoms with Crippen LogP contribution in [0.4, 0.5) is 5.69 Å². The molecule has 7 nitrogen and oxygen atoms in total. The van der Waals surface area contributed by atoms with E-state index in [0.29, 0.717) is 25.7 Å². The monoisotopic (exact) mass is 365 g/mol. The zero-order chi connectivity index (χ0) is 18.5. The molecule has 0 spiro atoms. The molecule has 4 rings (SSSR count). The third kappa shape index (κ3) is 4.31. The van der Waals surface area contributed by atoms with Crippen molar-refractivity contribution in [1.29, 1.82) is 0 Å². The number of aromatic nitrogens is 2. The summed E-state index contributed by atoms with van der Waals surface area (Å²) < 4.78 is 11.3. The largest absolute Gasteiger partial charge is 0.490 e. The number of benzene rings is 2. The number of hydrogen-bond donors (Lipinski definition) is 3. The molecule has 0 saturated heterocycles. The summed E-state index contributed by atoms with van der Waals surface area (Å²) in [7, 11) is 0. The van der Waals surface area contributed by atoms with Gasteiger partial charge in [-0.2, -0.15) is 0 Å². The summed E-state index contributed by atoms with van der Waals surface area (Å²) in [5, 5.41) is 3.10. The number of imidazole rings is 1. The van der Waals surface area contributed by atoms with Gasteiger partial charge in [-0.25, -0.2) is 4.98 Å². The number of para-hydroxylation sites is 2. The van der Waals surface area contributed by atoms with E-state index in [1.54, 1.807) is 0 Å². The Labute approximate surface area is 157 Å². The molecule has 0 aliphatic carbocycles. The lowest BCUT2D eigenvalue weighted by atomic mass is 10.2. The van der Waals surface area contributed by atoms with Crippen LogP contribution in [-0.2, 0) is 6.42 Å². The molecule has 0 radical (unpaired) electrons. The number of fused-ring (bicyclic) bond motifs is 2. The molecule has 1 aromatic heterocycles. The number of anilines is 1. The second kappa shape index (κ2) is 7.99. The molecule has 0 unspecified atom stereocenters. The van der Waals surface area contributed by atoms with Crippen molar-refractivity contribution < 1.29 is 9.47 Å². The van der Waals surface area contributed by atoms with Crippen LogP contribution < -0.4 is 20.5 Å². The maximum Gasteiger partial charge on any atom is 0.193 e. The van der Waals surface area contributed by atoms with E-state index < -0.39 is 0 Å². The maximum atomic E-state index is 6.00. The first kappa shape index (κ1) is 17.2. The van der Waals surface area contributed by atoms with E-state index in [0.717, 1.165) is 53.3 Å². The Kier molecular flexibility index (Phi) is 5.09. The Hall–Kier alpha value is -3.22. The lowest BCUT2D eigenvalue weighted by molar-refractivity contribution is 0.297. The highest BCUT2D eigenvalue weighted by atomic mass is 16.5. The number of aryl methyl sites for hydroxylation is 1. The van der Waals surface area contributed by atoms with Crippen molar-refractivity contribution in [1.82, 2.24) is 9.97 Å². The summed E-state index contributed by atoms with van der Waals surface area (Å²) >= 11 is 0. The number of ether oxygens (including phenoxy) is 2. The number of nitrogens with two attached hydrogens (primary N) is 1. The van der Waals surface area contributed by atoms with Crippen LogP contribution in [0.3, 0.4) is 0 Å². The molecule has 0 saturated carbocycles. The lowest BCUT2D eigenvalue weighted by Gasteiger charge is -2.10. The van der Waals surface area contributed by atoms with E-state index in [1.165, 1.54) is 0 Å². The summed E-state index contributed by atoms with van der Waals surface area (Å²) in [5.74, 6) is 2.85. The zero-order valence-corrected chi connectivity index (χ0v) is 15.1. The van der Waals surface area contributed by atoms with Gasteiger partial charge in [-0.1, -0.05) is 12.1 Å². The van der Waals surface area contributed by atoms with Gasteiger partial charge in [0.2, 0.25) is 0 Å². The van der Waals surface area contributed by atoms with Crippen LogP contribution in [-0.4, -0.2) is 35.7 Å². The number of nitrogens with one attached hydrogen (secondary N) is 2. The highest BCUT2D eigenvalue weighted by Gasteiger charge is 2.10. The molecule has 1 aliphatic heterocycles. The summed E-state index contributed by atoms with van der Waals surface area (Å²) in [4.78, 5) is 12.3. The summed E-state index contributed by atoms with van der Waals surface area (Å²) in [6.07, 6.45) is 2.57. The normalized spacial score (nSPS) is 14.1. The number of guanidine groups is 1. The Morgan fingerprint density at radius 2 is 2.00 bits per heavy atom. The highest BCUT2D eigenvalue weighted by molar-refractivity contribution is 5.92. The molecule has 0 bridgehead atoms. The molecule has 4 N–H and O–H groups in total. The Balaban J connectivity index is 1.30. The number of hydrogen-bond acceptors (Lipinski definition) is 4. The molecule has 3 aromatic rings. The fraction of sp³-hybridized carbons (Fsp3) is 0.300. The number of aromatic amines is 1. The minimum atomic E-state index is 0.383. The third-order valence-electron chi connectivity index (χ3n) is 4.31. The average Bonchev–Trinajstić information content (AvgIpc) is 2.95. The Bertz CT molecular complexity index is 917. The number of aliphatic imine (C=N–C) groups is 1. The predicted octanol–water partition coefficient (Wildman–Crippen LogP) is 3.08. The van der Waals surface area contributed by atoms with Crippen molar-refractivity contribution in [2.45, 2.75) is 19.3 Å². The first-order chi connectivity index (χ1) is 13.3. The van der Waals surface area contributed by atoms with Gasteiger partial charge in [-0.15, -0.1) is 0 Å². The van der Waals surface area contributed by atoms with Crippen LogP contribution in [0.5, 0.6) is 11.5 Å². The van der Waals surface area contributed by atoms with Gasteiger partial charge in [-0.3, -0.25) is 4.99 Å². The summed E-state index contributed by atoms with van der Waals surface area (Å²) in [6.45, 7) is 1.96. The second-order valence-corrected chi connectivity index (χ2v) is 6.41. The first-order valence-corrected chi connectivity index (χ1v) is 9.18. The lowest BCUT2D eigenvalue weighted by Crippen LogP contribution is -2.23. The van der Waals surface area contributed by atoms with E-state index in [4.69, 9.17) is 15.2 Å². The quantitative estimate of drug-likeness (QED) is 0.367. The van der Waals surface area contributed by atoms with E-state index in [-0.39, 0.29) is 0 Å². The Morgan fingerprint density at radius 3 is 2.89 bits per heavy atom. The minimum absolute atomic E-state index is 0.383. The zero-order valence-electron chi connectivity index (χ0n) is 15.1. The number of nitrogens with zero attached hydrogens (tertiary/aromatic N) is 2. The van der Waals surface area contributed by atoms with Crippen molar-refractivity contribution >= 4 is 22.7 Å². The van der Waals surface area contributed by atoms with Gasteiger partial charge in [-0.05, 0) is 30.7 Å². The third-order valence-corrected chi connectivity index (χ3v) is 4.31. The molecular weight excluding hydrogens is 342 g/mol. The summed E-state index contributed by atoms with van der Waals surface area (Å²) in [6, 6.07) is 13.7. The fourth-order valence-electron chi connectivity index (χ4n) is 3.00. The SMILES string of the molecule is NC(=NCCCc1nc2ccccc2[nH]1)Nc1ccc2c(c1)OCCCO2. The van der Waals surface area contributed by atoms with Gasteiger partial charge >= 0.3 is 0 Å². The van der Waals surface area contributed by atoms with Crippen molar-refractivity contribution in [3.8, 4) is 11.5 Å². The van der Waals surface area contributed by atoms with Gasteiger partial charge in [0.1, 0.15) is 5.82 Å². The topological polar surface area (TPSA) is 97.6 Å². The molecule has 0 fully saturated rings. The van der Waals surface area contributed by atoms with Crippen LogP contribution in [0.1, 0.15) is 18.7 Å². The van der Waals surface area contributed by atoms with Gasteiger partial charge in [0.15, 0.2) is 17.5 Å². The van der Waals surface area contributed by atoms with E-state index in [1.807, 2.05) is 42.5 Å². The Morgan fingerprint density at radius 1 is 1.15 bits per heavy atom. The molecule has 7 heteroatoms. The molecule has 2 aromatic carbocycles. The van der Waals surface area contributed by atoms with Gasteiger partial charge in [0.05, 0.1) is 24.2 Å². The van der Waals surface area contributed by atoms with E-state index >= 15 is 0 Å². The van der Waals surface area contributed by atoms with Crippen LogP contribution >= 0.6 is 0 Å². The van der Waals surface area contributed by atoms with Crippen LogP contribution in [0.2, 0.25) is 0 Å². The van der Waals surface area contributed by atoms with Crippen LogP contribution in [0, 0.1) is 0 Å². The van der Waals surface area contributed by atoms with Crippen LogP contribution in [0.15, 0.2) is 47.5 Å². The van der Waals surface area contributed by atoms with Gasteiger partial charge in [0, 0.05) is 31.1 Å². The minimum Gasteiger partial charge on any atom is -0.490 e. The van der Waals surface area contributed by atoms with E-state index in [2.05, 4.69) is 20.3 Å². The fourth-order valence-corrected chi connectivity index (χ4v) is 3.00. The molecule has 140 valence electrons. The van der Waals surface area contributed by atoms with Crippen molar-refractivity contribution in [3.63, 3.8) is 0 Å². The average molecular weight is 365 g/mol. The molecule has 0 atom stereocenters. The van der Waals surface area contributed by atoms with Gasteiger partial charge in [0.25, 0.3) is 0 Å². The molecule has 1 aliphatic rings. The molecule has 0 amide bonds. The van der Waals surface area contributed by atoms with Crippen molar-refractivity contribution in [3.05, 3.63) is 48.3 Å². The second-order valence-electron chi connectivity index (χ2n) is 6.41. The highest BCUT2D eigenvalue weighted by Crippen LogP contribution is 2.32. The molecular formula is C20H23N5O2. The smallest absolute Gasteiger partial charge is 0.193 e. The predicted molar refractivity (Wildman–Crippen MR) is 107 cm³/mol. The van der Waals surface area contributed by atoms with Crippen LogP contribution in [0.25, 0.3) is 11.0 Å². The standard InChI is InChI=1S/C20H23N5O2/c21-20(23-14-8-9-17-18(13-14)27-12-4-11-26-17)22-10-3-7-19-24-15-5-1-2-6-16(15)25-19/h1-2,5-6,8-9,13H,3-4,7,10-12H2,(H,24,25)(H3,21,22,23). The molecule has 2 heterocycles. The molecule has 27 heavy (non-hydrogen) atoms. The number of rotatable bonds is 5. The van der Waals surface area contributed by atoms with Crippen molar-refractivity contribution in [2.75, 3.05) is 25.1 Å². The number of H-pyrrole nitrogens is 1. The van der Waals surface area contributed by atoms with Gasteiger partial charge < -0.3 is 25.5 Å².